The smallest absolute Gasteiger partial charge is 0.152 e. The van der Waals surface area contributed by atoms with E-state index in [9.17, 15) is 5.11 Å². The summed E-state index contributed by atoms with van der Waals surface area (Å²) in [6, 6.07) is 5.80. The zero-order chi connectivity index (χ0) is 19.1. The lowest BCUT2D eigenvalue weighted by atomic mass is 9.94. The van der Waals surface area contributed by atoms with Crippen LogP contribution in [0.2, 0.25) is 0 Å². The lowest BCUT2D eigenvalue weighted by Gasteiger charge is -2.26. The highest BCUT2D eigenvalue weighted by molar-refractivity contribution is 5.75. The molecule has 5 heteroatoms. The van der Waals surface area contributed by atoms with E-state index in [1.807, 2.05) is 12.1 Å². The van der Waals surface area contributed by atoms with Crippen molar-refractivity contribution in [3.05, 3.63) is 34.9 Å². The zero-order valence-corrected chi connectivity index (χ0v) is 16.0. The van der Waals surface area contributed by atoms with E-state index in [1.54, 1.807) is 6.07 Å². The molecule has 0 amide bonds. The minimum atomic E-state index is 0.186. The highest BCUT2D eigenvalue weighted by atomic mass is 16.3. The van der Waals surface area contributed by atoms with Gasteiger partial charge in [-0.1, -0.05) is 5.92 Å². The predicted molar refractivity (Wildman–Crippen MR) is 111 cm³/mol. The first-order valence-electron chi connectivity index (χ1n) is 10.4. The molecule has 1 aromatic heterocycles. The fraction of sp³-hybridized carbons (Fsp3) is 0.478. The van der Waals surface area contributed by atoms with Crippen molar-refractivity contribution in [2.45, 2.75) is 56.4 Å². The fourth-order valence-corrected chi connectivity index (χ4v) is 4.33. The molecule has 3 aliphatic rings. The van der Waals surface area contributed by atoms with Crippen LogP contribution in [-0.4, -0.2) is 34.4 Å². The number of phenols is 1. The Hall–Kier alpha value is -2.58. The van der Waals surface area contributed by atoms with Crippen LogP contribution < -0.4 is 10.6 Å². The number of phenolic OH excluding ortho intramolecular Hbond substituents is 1. The van der Waals surface area contributed by atoms with Crippen LogP contribution in [0.5, 0.6) is 5.75 Å². The highest BCUT2D eigenvalue weighted by Gasteiger charge is 2.38. The van der Waals surface area contributed by atoms with Crippen molar-refractivity contribution in [3.8, 4) is 29.4 Å². The summed E-state index contributed by atoms with van der Waals surface area (Å²) in [5, 5.41) is 27.0. The summed E-state index contributed by atoms with van der Waals surface area (Å²) in [6.45, 7) is 2.07. The number of hydrogen-bond acceptors (Lipinski definition) is 5. The molecule has 0 radical (unpaired) electrons. The van der Waals surface area contributed by atoms with Gasteiger partial charge in [-0.2, -0.15) is 0 Å². The van der Waals surface area contributed by atoms with Gasteiger partial charge in [0.2, 0.25) is 0 Å². The van der Waals surface area contributed by atoms with E-state index in [0.717, 1.165) is 36.6 Å². The first-order chi connectivity index (χ1) is 13.7. The average molecular weight is 374 g/mol. The predicted octanol–water partition coefficient (Wildman–Crippen LogP) is 3.75. The van der Waals surface area contributed by atoms with Crippen LogP contribution in [0.3, 0.4) is 0 Å². The Bertz CT molecular complexity index is 934. The molecule has 1 aromatic carbocycles. The van der Waals surface area contributed by atoms with E-state index in [-0.39, 0.29) is 5.75 Å². The second-order valence-corrected chi connectivity index (χ2v) is 8.34. The molecule has 0 spiro atoms. The molecule has 2 saturated carbocycles. The van der Waals surface area contributed by atoms with Crippen molar-refractivity contribution in [2.24, 2.45) is 0 Å². The van der Waals surface area contributed by atoms with Gasteiger partial charge in [0.25, 0.3) is 0 Å². The number of aromatic hydroxyl groups is 1. The molecule has 5 rings (SSSR count). The molecular formula is C23H26N4O. The van der Waals surface area contributed by atoms with E-state index in [1.165, 1.54) is 43.2 Å². The third-order valence-corrected chi connectivity index (χ3v) is 6.08. The van der Waals surface area contributed by atoms with E-state index in [2.05, 4.69) is 26.8 Å². The van der Waals surface area contributed by atoms with Gasteiger partial charge in [0.15, 0.2) is 5.82 Å². The SMILES string of the molecule is C#Cc1ccc(-c2nnc(N[C@@H]3CCCNC3)c(C3CC3)c2C2CC2)c(O)c1. The zero-order valence-electron chi connectivity index (χ0n) is 16.0. The Morgan fingerprint density at radius 1 is 1.07 bits per heavy atom. The van der Waals surface area contributed by atoms with E-state index >= 15 is 0 Å². The summed E-state index contributed by atoms with van der Waals surface area (Å²) in [5.74, 6) is 4.82. The number of benzene rings is 1. The first kappa shape index (κ1) is 17.5. The van der Waals surface area contributed by atoms with Gasteiger partial charge in [0.05, 0.1) is 0 Å². The van der Waals surface area contributed by atoms with Crippen LogP contribution >= 0.6 is 0 Å². The van der Waals surface area contributed by atoms with Crippen LogP contribution in [0.15, 0.2) is 18.2 Å². The summed E-state index contributed by atoms with van der Waals surface area (Å²) in [6.07, 6.45) is 12.6. The number of anilines is 1. The number of nitrogens with zero attached hydrogens (tertiary/aromatic N) is 2. The van der Waals surface area contributed by atoms with Gasteiger partial charge in [-0.15, -0.1) is 16.6 Å². The van der Waals surface area contributed by atoms with Crippen LogP contribution in [-0.2, 0) is 0 Å². The molecule has 3 fully saturated rings. The standard InChI is InChI=1S/C23H26N4O/c1-2-14-5-10-18(19(28)12-14)22-20(15-6-7-15)21(16-8-9-16)23(27-26-22)25-17-4-3-11-24-13-17/h1,5,10,12,15-17,24,28H,3-4,6-9,11,13H2,(H,25,27)/t17-/m1/s1. The molecule has 3 N–H and O–H groups in total. The van der Waals surface area contributed by atoms with E-state index < -0.39 is 0 Å². The first-order valence-corrected chi connectivity index (χ1v) is 10.4. The molecule has 0 bridgehead atoms. The molecular weight excluding hydrogens is 348 g/mol. The minimum absolute atomic E-state index is 0.186. The van der Waals surface area contributed by atoms with Gasteiger partial charge in [-0.25, -0.2) is 0 Å². The quantitative estimate of drug-likeness (QED) is 0.696. The number of piperidine rings is 1. The highest BCUT2D eigenvalue weighted by Crippen LogP contribution is 2.54. The normalized spacial score (nSPS) is 21.9. The van der Waals surface area contributed by atoms with Crippen LogP contribution in [0.4, 0.5) is 5.82 Å². The number of terminal acetylenes is 1. The number of hydrogen-bond donors (Lipinski definition) is 3. The number of nitrogens with one attached hydrogen (secondary N) is 2. The van der Waals surface area contributed by atoms with Crippen molar-refractivity contribution >= 4 is 5.82 Å². The Balaban J connectivity index is 1.59. The van der Waals surface area contributed by atoms with Crippen LogP contribution in [0.1, 0.15) is 67.1 Å². The van der Waals surface area contributed by atoms with E-state index in [0.29, 0.717) is 23.4 Å². The molecule has 1 atom stereocenters. The van der Waals surface area contributed by atoms with Gasteiger partial charge in [-0.3, -0.25) is 0 Å². The minimum Gasteiger partial charge on any atom is -0.507 e. The van der Waals surface area contributed by atoms with Gasteiger partial charge in [0.1, 0.15) is 11.4 Å². The Morgan fingerprint density at radius 3 is 2.50 bits per heavy atom. The largest absolute Gasteiger partial charge is 0.507 e. The third kappa shape index (κ3) is 3.33. The molecule has 0 unspecified atom stereocenters. The maximum Gasteiger partial charge on any atom is 0.152 e. The second kappa shape index (κ2) is 7.10. The summed E-state index contributed by atoms with van der Waals surface area (Å²) < 4.78 is 0. The summed E-state index contributed by atoms with van der Waals surface area (Å²) >= 11 is 0. The topological polar surface area (TPSA) is 70.1 Å². The van der Waals surface area contributed by atoms with Gasteiger partial charge < -0.3 is 15.7 Å². The molecule has 2 aliphatic carbocycles. The Morgan fingerprint density at radius 2 is 1.86 bits per heavy atom. The third-order valence-electron chi connectivity index (χ3n) is 6.08. The maximum absolute atomic E-state index is 10.6. The van der Waals surface area contributed by atoms with Gasteiger partial charge >= 0.3 is 0 Å². The molecule has 2 aromatic rings. The Labute approximate surface area is 166 Å². The summed E-state index contributed by atoms with van der Waals surface area (Å²) in [5.41, 5.74) is 4.89. The number of aromatic nitrogens is 2. The lowest BCUT2D eigenvalue weighted by Crippen LogP contribution is -2.39. The monoisotopic (exact) mass is 374 g/mol. The summed E-state index contributed by atoms with van der Waals surface area (Å²) in [7, 11) is 0. The van der Waals surface area contributed by atoms with Gasteiger partial charge in [0, 0.05) is 29.3 Å². The molecule has 1 aliphatic heterocycles. The van der Waals surface area contributed by atoms with Crippen LogP contribution in [0, 0.1) is 12.3 Å². The molecule has 2 heterocycles. The molecule has 5 nitrogen and oxygen atoms in total. The van der Waals surface area contributed by atoms with Crippen molar-refractivity contribution in [3.63, 3.8) is 0 Å². The Kier molecular flexibility index (Phi) is 4.44. The van der Waals surface area contributed by atoms with Gasteiger partial charge in [-0.05, 0) is 80.7 Å². The van der Waals surface area contributed by atoms with Crippen molar-refractivity contribution in [2.75, 3.05) is 18.4 Å². The average Bonchev–Trinajstić information content (AvgIpc) is 3.62. The lowest BCUT2D eigenvalue weighted by molar-refractivity contribution is 0.476. The number of rotatable bonds is 5. The fourth-order valence-electron chi connectivity index (χ4n) is 4.33. The molecule has 1 saturated heterocycles. The summed E-state index contributed by atoms with van der Waals surface area (Å²) in [4.78, 5) is 0. The second-order valence-electron chi connectivity index (χ2n) is 8.34. The van der Waals surface area contributed by atoms with Crippen molar-refractivity contribution in [1.82, 2.24) is 15.5 Å². The van der Waals surface area contributed by atoms with Crippen molar-refractivity contribution in [1.29, 1.82) is 0 Å². The van der Waals surface area contributed by atoms with Crippen LogP contribution in [0.25, 0.3) is 11.3 Å². The van der Waals surface area contributed by atoms with Crippen molar-refractivity contribution < 1.29 is 5.11 Å². The maximum atomic E-state index is 10.6. The van der Waals surface area contributed by atoms with E-state index in [4.69, 9.17) is 6.42 Å². The molecule has 144 valence electrons. The molecule has 28 heavy (non-hydrogen) atoms.